The minimum atomic E-state index is -0.0875. The molecule has 2 aromatic rings. The minimum absolute atomic E-state index is 0.0875. The Kier molecular flexibility index (Phi) is 7.84. The van der Waals surface area contributed by atoms with E-state index in [0.29, 0.717) is 32.4 Å². The van der Waals surface area contributed by atoms with Crippen molar-refractivity contribution in [3.05, 3.63) is 61.7 Å². The topological polar surface area (TPSA) is 50.8 Å². The Labute approximate surface area is 217 Å². The number of halogens is 3. The fourth-order valence-corrected chi connectivity index (χ4v) is 5.34. The predicted molar refractivity (Wildman–Crippen MR) is 139 cm³/mol. The van der Waals surface area contributed by atoms with Crippen molar-refractivity contribution in [3.8, 4) is 11.5 Å². The summed E-state index contributed by atoms with van der Waals surface area (Å²) in [5, 5.41) is 4.66. The van der Waals surface area contributed by atoms with Crippen LogP contribution in [-0.4, -0.2) is 29.1 Å². The van der Waals surface area contributed by atoms with Crippen LogP contribution in [0.3, 0.4) is 0 Å². The third-order valence-corrected chi connectivity index (χ3v) is 7.40. The monoisotopic (exact) mass is 568 g/mol. The van der Waals surface area contributed by atoms with E-state index in [9.17, 15) is 4.79 Å². The van der Waals surface area contributed by atoms with Crippen LogP contribution in [0, 0.1) is 0 Å². The van der Waals surface area contributed by atoms with Gasteiger partial charge in [0.05, 0.1) is 7.11 Å². The number of hydrogen-bond acceptors (Lipinski definition) is 4. The standard InChI is InChI=1S/C24H23BrCl2N2O3S/c1-31-21-10-15(9-20-23(30)29(24(33)28-20)17-5-3-2-4-6-17)18(25)12-22(21)32-13-14-7-8-16(26)11-19(14)27/h7-12,17H,2-6,13H2,1H3,(H,28,33)/b20-9-. The maximum atomic E-state index is 13.1. The summed E-state index contributed by atoms with van der Waals surface area (Å²) in [4.78, 5) is 14.8. The molecule has 2 aliphatic rings. The van der Waals surface area contributed by atoms with E-state index in [1.54, 1.807) is 30.2 Å². The molecular weight excluding hydrogens is 547 g/mol. The van der Waals surface area contributed by atoms with Crippen molar-refractivity contribution in [1.82, 2.24) is 10.2 Å². The first kappa shape index (κ1) is 24.3. The zero-order valence-corrected chi connectivity index (χ0v) is 21.9. The van der Waals surface area contributed by atoms with E-state index in [4.69, 9.17) is 44.9 Å². The summed E-state index contributed by atoms with van der Waals surface area (Å²) < 4.78 is 12.3. The number of benzene rings is 2. The zero-order chi connectivity index (χ0) is 23.5. The predicted octanol–water partition coefficient (Wildman–Crippen LogP) is 6.73. The van der Waals surface area contributed by atoms with Crippen LogP contribution in [0.1, 0.15) is 43.2 Å². The van der Waals surface area contributed by atoms with E-state index in [2.05, 4.69) is 21.2 Å². The van der Waals surface area contributed by atoms with Gasteiger partial charge in [-0.05, 0) is 61.0 Å². The third-order valence-electron chi connectivity index (χ3n) is 5.83. The number of rotatable bonds is 6. The normalized spacial score (nSPS) is 18.1. The van der Waals surface area contributed by atoms with Crippen molar-refractivity contribution >= 4 is 68.4 Å². The lowest BCUT2D eigenvalue weighted by molar-refractivity contribution is -0.124. The number of amides is 1. The van der Waals surface area contributed by atoms with Crippen molar-refractivity contribution < 1.29 is 14.3 Å². The summed E-state index contributed by atoms with van der Waals surface area (Å²) in [6.07, 6.45) is 7.23. The fourth-order valence-electron chi connectivity index (χ4n) is 4.10. The molecule has 0 spiro atoms. The summed E-state index contributed by atoms with van der Waals surface area (Å²) >= 11 is 21.3. The van der Waals surface area contributed by atoms with Crippen LogP contribution in [0.25, 0.3) is 6.08 Å². The van der Waals surface area contributed by atoms with Gasteiger partial charge in [-0.25, -0.2) is 0 Å². The number of methoxy groups -OCH3 is 1. The molecule has 2 aromatic carbocycles. The maximum absolute atomic E-state index is 13.1. The second-order valence-corrected chi connectivity index (χ2v) is 10.1. The zero-order valence-electron chi connectivity index (χ0n) is 18.0. The van der Waals surface area contributed by atoms with Crippen LogP contribution in [0.15, 0.2) is 40.5 Å². The van der Waals surface area contributed by atoms with Crippen LogP contribution in [0.5, 0.6) is 11.5 Å². The molecule has 1 amide bonds. The fraction of sp³-hybridized carbons (Fsp3) is 0.333. The van der Waals surface area contributed by atoms with E-state index in [1.165, 1.54) is 6.42 Å². The molecule has 0 aromatic heterocycles. The highest BCUT2D eigenvalue weighted by molar-refractivity contribution is 9.10. The Balaban J connectivity index is 1.54. The molecule has 1 aliphatic heterocycles. The van der Waals surface area contributed by atoms with Gasteiger partial charge in [0.15, 0.2) is 16.6 Å². The van der Waals surface area contributed by atoms with Crippen molar-refractivity contribution in [2.75, 3.05) is 7.11 Å². The Hall–Kier alpha value is -1.80. The summed E-state index contributed by atoms with van der Waals surface area (Å²) in [7, 11) is 1.57. The number of thiocarbonyl (C=S) groups is 1. The lowest BCUT2D eigenvalue weighted by Gasteiger charge is -2.29. The van der Waals surface area contributed by atoms with E-state index in [-0.39, 0.29) is 18.6 Å². The largest absolute Gasteiger partial charge is 0.493 e. The Morgan fingerprint density at radius 3 is 2.64 bits per heavy atom. The number of ether oxygens (including phenoxy) is 2. The molecule has 1 aliphatic carbocycles. The molecule has 1 N–H and O–H groups in total. The van der Waals surface area contributed by atoms with Crippen LogP contribution >= 0.6 is 51.3 Å². The number of nitrogens with zero attached hydrogens (tertiary/aromatic N) is 1. The van der Waals surface area contributed by atoms with Gasteiger partial charge in [-0.1, -0.05) is 64.5 Å². The first-order valence-electron chi connectivity index (χ1n) is 10.7. The molecule has 174 valence electrons. The van der Waals surface area contributed by atoms with Gasteiger partial charge in [0.2, 0.25) is 0 Å². The molecule has 1 saturated heterocycles. The first-order chi connectivity index (χ1) is 15.9. The summed E-state index contributed by atoms with van der Waals surface area (Å²) in [5.41, 5.74) is 2.03. The van der Waals surface area contributed by atoms with Gasteiger partial charge in [0.25, 0.3) is 5.91 Å². The van der Waals surface area contributed by atoms with Crippen LogP contribution < -0.4 is 14.8 Å². The Morgan fingerprint density at radius 2 is 1.94 bits per heavy atom. The lowest BCUT2D eigenvalue weighted by Crippen LogP contribution is -2.41. The Bertz CT molecular complexity index is 1120. The molecule has 2 fully saturated rings. The van der Waals surface area contributed by atoms with Gasteiger partial charge in [0, 0.05) is 26.1 Å². The van der Waals surface area contributed by atoms with E-state index < -0.39 is 0 Å². The van der Waals surface area contributed by atoms with Crippen LogP contribution in [0.4, 0.5) is 0 Å². The molecule has 9 heteroatoms. The minimum Gasteiger partial charge on any atom is -0.493 e. The van der Waals surface area contributed by atoms with E-state index in [1.807, 2.05) is 18.2 Å². The number of nitrogens with one attached hydrogen (secondary N) is 1. The molecule has 0 radical (unpaired) electrons. The average molecular weight is 570 g/mol. The van der Waals surface area contributed by atoms with Gasteiger partial charge in [0.1, 0.15) is 12.3 Å². The molecule has 33 heavy (non-hydrogen) atoms. The average Bonchev–Trinajstić information content (AvgIpc) is 3.08. The molecule has 1 heterocycles. The van der Waals surface area contributed by atoms with Gasteiger partial charge in [-0.15, -0.1) is 0 Å². The van der Waals surface area contributed by atoms with Crippen LogP contribution in [-0.2, 0) is 11.4 Å². The molecule has 0 unspecified atom stereocenters. The smallest absolute Gasteiger partial charge is 0.276 e. The molecule has 4 rings (SSSR count). The first-order valence-corrected chi connectivity index (χ1v) is 12.6. The maximum Gasteiger partial charge on any atom is 0.276 e. The van der Waals surface area contributed by atoms with Crippen molar-refractivity contribution in [2.24, 2.45) is 0 Å². The molecule has 5 nitrogen and oxygen atoms in total. The van der Waals surface area contributed by atoms with Crippen LogP contribution in [0.2, 0.25) is 10.0 Å². The highest BCUT2D eigenvalue weighted by Gasteiger charge is 2.36. The summed E-state index contributed by atoms with van der Waals surface area (Å²) in [6, 6.07) is 9.06. The third kappa shape index (κ3) is 5.48. The summed E-state index contributed by atoms with van der Waals surface area (Å²) in [6.45, 7) is 0.254. The SMILES string of the molecule is COc1cc(/C=C2\NC(=S)N(C3CCCCC3)C2=O)c(Br)cc1OCc1ccc(Cl)cc1Cl. The number of hydrogen-bond donors (Lipinski definition) is 1. The molecule has 0 bridgehead atoms. The highest BCUT2D eigenvalue weighted by Crippen LogP contribution is 2.36. The second kappa shape index (κ2) is 10.6. The molecular formula is C24H23BrCl2N2O3S. The Morgan fingerprint density at radius 1 is 1.18 bits per heavy atom. The van der Waals surface area contributed by atoms with Crippen molar-refractivity contribution in [1.29, 1.82) is 0 Å². The number of carbonyl (C=O) groups is 1. The lowest BCUT2D eigenvalue weighted by atomic mass is 9.94. The van der Waals surface area contributed by atoms with Gasteiger partial charge >= 0.3 is 0 Å². The number of carbonyl (C=O) groups excluding carboxylic acids is 1. The molecule has 1 saturated carbocycles. The summed E-state index contributed by atoms with van der Waals surface area (Å²) in [5.74, 6) is 0.991. The van der Waals surface area contributed by atoms with E-state index in [0.717, 1.165) is 41.3 Å². The van der Waals surface area contributed by atoms with Gasteiger partial charge < -0.3 is 14.8 Å². The van der Waals surface area contributed by atoms with E-state index >= 15 is 0 Å². The van der Waals surface area contributed by atoms with Gasteiger partial charge in [-0.2, -0.15) is 0 Å². The molecule has 0 atom stereocenters. The quantitative estimate of drug-likeness (QED) is 0.308. The van der Waals surface area contributed by atoms with Crippen molar-refractivity contribution in [3.63, 3.8) is 0 Å². The second-order valence-electron chi connectivity index (χ2n) is 8.00. The van der Waals surface area contributed by atoms with Gasteiger partial charge in [-0.3, -0.25) is 9.69 Å². The highest BCUT2D eigenvalue weighted by atomic mass is 79.9. The van der Waals surface area contributed by atoms with Crippen molar-refractivity contribution in [2.45, 2.75) is 44.8 Å².